The van der Waals surface area contributed by atoms with E-state index in [0.717, 1.165) is 16.7 Å². The monoisotopic (exact) mass is 569 g/mol. The number of ketones is 2. The molecule has 1 saturated heterocycles. The maximum Gasteiger partial charge on any atom is 0.238 e. The first kappa shape index (κ1) is 27.0. The molecule has 2 amide bonds. The van der Waals surface area contributed by atoms with Crippen LogP contribution < -0.4 is 9.64 Å². The lowest BCUT2D eigenvalue weighted by atomic mass is 9.60. The number of amides is 2. The van der Waals surface area contributed by atoms with E-state index >= 15 is 0 Å². The number of phenols is 1. The van der Waals surface area contributed by atoms with Crippen LogP contribution in [0.2, 0.25) is 5.02 Å². The summed E-state index contributed by atoms with van der Waals surface area (Å²) in [5, 5.41) is 10.5. The first-order valence-corrected chi connectivity index (χ1v) is 13.9. The molecular formula is C33H28ClNO6. The minimum Gasteiger partial charge on any atom is -0.504 e. The van der Waals surface area contributed by atoms with E-state index < -0.39 is 23.7 Å². The van der Waals surface area contributed by atoms with Gasteiger partial charge < -0.3 is 9.84 Å². The van der Waals surface area contributed by atoms with Gasteiger partial charge in [-0.15, -0.1) is 0 Å². The van der Waals surface area contributed by atoms with Crippen LogP contribution in [0.15, 0.2) is 76.9 Å². The van der Waals surface area contributed by atoms with Crippen LogP contribution in [0.4, 0.5) is 5.69 Å². The highest BCUT2D eigenvalue weighted by molar-refractivity contribution is 6.32. The van der Waals surface area contributed by atoms with Gasteiger partial charge in [-0.25, -0.2) is 4.90 Å². The van der Waals surface area contributed by atoms with E-state index in [1.807, 2.05) is 25.2 Å². The Hall–Kier alpha value is -4.23. The van der Waals surface area contributed by atoms with Gasteiger partial charge in [0.25, 0.3) is 0 Å². The third kappa shape index (κ3) is 4.27. The number of carbonyl (C=O) groups excluding carboxylic acids is 4. The average molecular weight is 570 g/mol. The lowest BCUT2D eigenvalue weighted by Crippen LogP contribution is -2.40. The van der Waals surface area contributed by atoms with Crippen LogP contribution >= 0.6 is 11.6 Å². The molecule has 3 aliphatic carbocycles. The third-order valence-electron chi connectivity index (χ3n) is 8.71. The van der Waals surface area contributed by atoms with Gasteiger partial charge in [-0.1, -0.05) is 47.5 Å². The molecule has 7 nitrogen and oxygen atoms in total. The normalized spacial score (nSPS) is 25.7. The number of imide groups is 1. The number of ether oxygens (including phenoxy) is 1. The molecule has 0 saturated carbocycles. The second-order valence-electron chi connectivity index (χ2n) is 11.0. The molecular weight excluding hydrogens is 542 g/mol. The van der Waals surface area contributed by atoms with Crippen molar-refractivity contribution < 1.29 is 29.0 Å². The fraction of sp³-hybridized carbons (Fsp3) is 0.273. The largest absolute Gasteiger partial charge is 0.504 e. The summed E-state index contributed by atoms with van der Waals surface area (Å²) in [6.45, 7) is 3.49. The highest BCUT2D eigenvalue weighted by atomic mass is 35.5. The fourth-order valence-corrected chi connectivity index (χ4v) is 6.79. The van der Waals surface area contributed by atoms with Gasteiger partial charge in [0.1, 0.15) is 0 Å². The molecule has 1 N–H and O–H groups in total. The summed E-state index contributed by atoms with van der Waals surface area (Å²) < 4.78 is 5.23. The summed E-state index contributed by atoms with van der Waals surface area (Å²) in [7, 11) is 1.46. The number of halogens is 1. The minimum absolute atomic E-state index is 0.00561. The number of rotatable bonds is 4. The molecule has 0 spiro atoms. The maximum atomic E-state index is 13.9. The highest BCUT2D eigenvalue weighted by Gasteiger charge is 2.56. The molecule has 4 aliphatic rings. The third-order valence-corrected chi connectivity index (χ3v) is 9.12. The summed E-state index contributed by atoms with van der Waals surface area (Å²) in [5.74, 6) is -2.88. The van der Waals surface area contributed by atoms with Gasteiger partial charge in [0.2, 0.25) is 11.8 Å². The number of carbonyl (C=O) groups is 4. The molecule has 1 heterocycles. The Bertz CT molecular complexity index is 1680. The number of allylic oxidation sites excluding steroid dienone is 7. The molecule has 8 heteroatoms. The Balaban J connectivity index is 1.42. The summed E-state index contributed by atoms with van der Waals surface area (Å²) >= 11 is 6.33. The summed E-state index contributed by atoms with van der Waals surface area (Å²) in [5.41, 5.74) is 4.08. The topological polar surface area (TPSA) is 101 Å². The standard InChI is InChI=1S/C33H28ClNO6/c1-16-4-7-19(14-25(16)34)35-32(39)22-10-9-20-21(8-5-18-6-11-26(36)28(13-18)41-3)29-24(15-23(20)30(22)33(35)40)27(37)12-17(2)31(29)38/h4-9,11-14,21-23,30,36H,10,15H2,1-3H3/t21-,22-,23+,30-/m0/s1. The Morgan fingerprint density at radius 1 is 1.02 bits per heavy atom. The van der Waals surface area contributed by atoms with E-state index in [-0.39, 0.29) is 35.6 Å². The number of hydrogen-bond donors (Lipinski definition) is 1. The number of Topliss-reactive ketones (excluding diaryl/α,β-unsaturated/α-hetero) is 1. The van der Waals surface area contributed by atoms with Gasteiger partial charge >= 0.3 is 0 Å². The van der Waals surface area contributed by atoms with Crippen molar-refractivity contribution in [3.05, 3.63) is 93.1 Å². The van der Waals surface area contributed by atoms with E-state index in [0.29, 0.717) is 39.6 Å². The van der Waals surface area contributed by atoms with E-state index in [9.17, 15) is 24.3 Å². The number of phenolic OH excluding ortho intramolecular Hbond substituents is 1. The Morgan fingerprint density at radius 2 is 1.80 bits per heavy atom. The Kier molecular flexibility index (Phi) is 6.57. The quantitative estimate of drug-likeness (QED) is 0.295. The van der Waals surface area contributed by atoms with Crippen LogP contribution in [0.25, 0.3) is 6.08 Å². The van der Waals surface area contributed by atoms with Crippen LogP contribution in [0.3, 0.4) is 0 Å². The van der Waals surface area contributed by atoms with E-state index in [2.05, 4.69) is 0 Å². The second-order valence-corrected chi connectivity index (χ2v) is 11.4. The Morgan fingerprint density at radius 3 is 2.54 bits per heavy atom. The van der Waals surface area contributed by atoms with Gasteiger partial charge in [0, 0.05) is 27.7 Å². The molecule has 1 fully saturated rings. The lowest BCUT2D eigenvalue weighted by Gasteiger charge is -2.41. The molecule has 2 aromatic carbocycles. The SMILES string of the molecule is COc1cc(C=C[C@H]2C3=CC[C@@H]4C(=O)N(c5ccc(C)c(Cl)c5)C(=O)[C@@H]4[C@@H]3CC3=C2C(=O)C(C)=CC3=O)ccc1O. The van der Waals surface area contributed by atoms with Crippen molar-refractivity contribution in [2.45, 2.75) is 26.7 Å². The maximum absolute atomic E-state index is 13.9. The van der Waals surface area contributed by atoms with Crippen LogP contribution in [-0.2, 0) is 19.2 Å². The van der Waals surface area contributed by atoms with Crippen molar-refractivity contribution in [3.8, 4) is 11.5 Å². The molecule has 0 unspecified atom stereocenters. The van der Waals surface area contributed by atoms with Gasteiger partial charge in [0.05, 0.1) is 24.6 Å². The molecule has 208 valence electrons. The molecule has 41 heavy (non-hydrogen) atoms. The predicted molar refractivity (Wildman–Crippen MR) is 154 cm³/mol. The van der Waals surface area contributed by atoms with E-state index in [1.165, 1.54) is 24.2 Å². The van der Waals surface area contributed by atoms with Gasteiger partial charge in [0.15, 0.2) is 23.1 Å². The zero-order chi connectivity index (χ0) is 29.2. The number of anilines is 1. The summed E-state index contributed by atoms with van der Waals surface area (Å²) in [4.78, 5) is 55.5. The van der Waals surface area contributed by atoms with E-state index in [1.54, 1.807) is 37.3 Å². The number of fused-ring (bicyclic) bond motifs is 3. The van der Waals surface area contributed by atoms with Crippen molar-refractivity contribution in [2.75, 3.05) is 12.0 Å². The van der Waals surface area contributed by atoms with Crippen molar-refractivity contribution >= 4 is 46.7 Å². The zero-order valence-electron chi connectivity index (χ0n) is 22.8. The van der Waals surface area contributed by atoms with Gasteiger partial charge in [-0.3, -0.25) is 19.2 Å². The fourth-order valence-electron chi connectivity index (χ4n) is 6.62. The second kappa shape index (κ2) is 10.00. The van der Waals surface area contributed by atoms with Crippen LogP contribution in [0.5, 0.6) is 11.5 Å². The predicted octanol–water partition coefficient (Wildman–Crippen LogP) is 5.54. The van der Waals surface area contributed by atoms with Gasteiger partial charge in [-0.05, 0) is 74.1 Å². The molecule has 6 rings (SSSR count). The molecule has 0 bridgehead atoms. The Labute approximate surface area is 242 Å². The smallest absolute Gasteiger partial charge is 0.238 e. The highest BCUT2D eigenvalue weighted by Crippen LogP contribution is 2.53. The number of nitrogens with zero attached hydrogens (tertiary/aromatic N) is 1. The van der Waals surface area contributed by atoms with Crippen molar-refractivity contribution in [1.82, 2.24) is 0 Å². The number of hydrogen-bond acceptors (Lipinski definition) is 6. The number of aryl methyl sites for hydroxylation is 1. The van der Waals surface area contributed by atoms with E-state index in [4.69, 9.17) is 16.3 Å². The molecule has 1 aliphatic heterocycles. The van der Waals surface area contributed by atoms with Crippen LogP contribution in [-0.4, -0.2) is 35.6 Å². The molecule has 2 aromatic rings. The number of benzene rings is 2. The van der Waals surface area contributed by atoms with Crippen molar-refractivity contribution in [2.24, 2.45) is 23.7 Å². The first-order chi connectivity index (χ1) is 19.6. The number of aromatic hydroxyl groups is 1. The number of methoxy groups -OCH3 is 1. The summed E-state index contributed by atoms with van der Waals surface area (Å²) in [6, 6.07) is 10.1. The zero-order valence-corrected chi connectivity index (χ0v) is 23.6. The van der Waals surface area contributed by atoms with Crippen LogP contribution in [0.1, 0.15) is 30.9 Å². The van der Waals surface area contributed by atoms with Crippen LogP contribution in [0, 0.1) is 30.6 Å². The minimum atomic E-state index is -0.656. The summed E-state index contributed by atoms with van der Waals surface area (Å²) in [6.07, 6.45) is 7.60. The molecule has 0 aromatic heterocycles. The lowest BCUT2D eigenvalue weighted by molar-refractivity contribution is -0.123. The molecule has 4 atom stereocenters. The van der Waals surface area contributed by atoms with Gasteiger partial charge in [-0.2, -0.15) is 0 Å². The van der Waals surface area contributed by atoms with Crippen molar-refractivity contribution in [3.63, 3.8) is 0 Å². The van der Waals surface area contributed by atoms with Crippen molar-refractivity contribution in [1.29, 1.82) is 0 Å². The average Bonchev–Trinajstić information content (AvgIpc) is 3.21. The molecule has 0 radical (unpaired) electrons. The first-order valence-electron chi connectivity index (χ1n) is 13.5.